The van der Waals surface area contributed by atoms with Crippen molar-refractivity contribution < 1.29 is 35.1 Å². The summed E-state index contributed by atoms with van der Waals surface area (Å²) in [5.74, 6) is -0.687. The Bertz CT molecular complexity index is 502. The summed E-state index contributed by atoms with van der Waals surface area (Å²) in [6.45, 7) is 1.33. The minimum atomic E-state index is -1.96. The molecule has 7 nitrogen and oxygen atoms in total. The Morgan fingerprint density at radius 1 is 0.800 bits per heavy atom. The summed E-state index contributed by atoms with van der Waals surface area (Å²) in [5.41, 5.74) is 0. The number of ether oxygens (including phenoxy) is 1. The predicted molar refractivity (Wildman–Crippen MR) is 116 cm³/mol. The number of aliphatic hydroxyl groups is 5. The lowest BCUT2D eigenvalue weighted by Crippen LogP contribution is -2.47. The quantitative estimate of drug-likeness (QED) is 0.0982. The van der Waals surface area contributed by atoms with E-state index in [2.05, 4.69) is 48.1 Å². The van der Waals surface area contributed by atoms with Crippen molar-refractivity contribution in [1.82, 2.24) is 0 Å². The van der Waals surface area contributed by atoms with Gasteiger partial charge in [-0.25, -0.2) is 0 Å². The molecule has 0 fully saturated rings. The van der Waals surface area contributed by atoms with E-state index in [-0.39, 0.29) is 6.42 Å². The van der Waals surface area contributed by atoms with Gasteiger partial charge in [0.2, 0.25) is 6.29 Å². The predicted octanol–water partition coefficient (Wildman–Crippen LogP) is 2.51. The molecule has 1 unspecified atom stereocenters. The van der Waals surface area contributed by atoms with Crippen molar-refractivity contribution in [3.63, 3.8) is 0 Å². The summed E-state index contributed by atoms with van der Waals surface area (Å²) < 4.78 is 4.64. The second kappa shape index (κ2) is 19.5. The number of carbonyl (C=O) groups excluding carboxylic acids is 1. The third-order valence-electron chi connectivity index (χ3n) is 4.51. The summed E-state index contributed by atoms with van der Waals surface area (Å²) in [6, 6.07) is 0. The normalized spacial score (nSPS) is 16.3. The number of allylic oxidation sites excluding steroid dienone is 6. The molecule has 174 valence electrons. The SMILES string of the molecule is CC/C=C\C/C=C\C/C=C\CCCCCCCC(=O)OC(O)[C@@H](O)[C@H](O)[C@H](O)CO. The van der Waals surface area contributed by atoms with E-state index in [4.69, 9.17) is 5.11 Å². The number of rotatable bonds is 18. The Hall–Kier alpha value is -1.51. The Labute approximate surface area is 180 Å². The average Bonchev–Trinajstić information content (AvgIpc) is 2.74. The van der Waals surface area contributed by atoms with E-state index in [1.807, 2.05) is 0 Å². The lowest BCUT2D eigenvalue weighted by Gasteiger charge is -2.25. The molecule has 0 radical (unpaired) electrons. The number of hydrogen-bond donors (Lipinski definition) is 5. The Morgan fingerprint density at radius 2 is 1.37 bits per heavy atom. The first-order chi connectivity index (χ1) is 14.4. The molecule has 7 heteroatoms. The molecule has 0 heterocycles. The van der Waals surface area contributed by atoms with E-state index in [1.54, 1.807) is 0 Å². The standard InChI is InChI=1S/C23H40O7/c1-2-3-4-5-6-7-8-9-10-11-12-13-14-15-16-17-20(26)30-23(29)22(28)21(27)19(25)18-24/h3-4,6-7,9-10,19,21-25,27-29H,2,5,8,11-18H2,1H3/b4-3-,7-6-,10-9-/t19-,21-,22+,23?/m1/s1. The Kier molecular flexibility index (Phi) is 18.5. The molecule has 0 aliphatic rings. The first kappa shape index (κ1) is 28.5. The van der Waals surface area contributed by atoms with Crippen LogP contribution in [-0.4, -0.2) is 62.7 Å². The van der Waals surface area contributed by atoms with Gasteiger partial charge >= 0.3 is 5.97 Å². The molecule has 4 atom stereocenters. The summed E-state index contributed by atoms with van der Waals surface area (Å²) in [7, 11) is 0. The van der Waals surface area contributed by atoms with Crippen molar-refractivity contribution in [2.75, 3.05) is 6.61 Å². The maximum atomic E-state index is 11.6. The molecular weight excluding hydrogens is 388 g/mol. The van der Waals surface area contributed by atoms with Crippen LogP contribution in [0.1, 0.15) is 71.1 Å². The maximum absolute atomic E-state index is 11.6. The molecule has 0 saturated heterocycles. The van der Waals surface area contributed by atoms with Crippen molar-refractivity contribution in [2.45, 2.75) is 95.7 Å². The van der Waals surface area contributed by atoms with Gasteiger partial charge in [-0.1, -0.05) is 62.6 Å². The lowest BCUT2D eigenvalue weighted by molar-refractivity contribution is -0.209. The van der Waals surface area contributed by atoms with E-state index in [9.17, 15) is 25.2 Å². The molecule has 0 aliphatic carbocycles. The summed E-state index contributed by atoms with van der Waals surface area (Å²) in [6.07, 6.45) is 14.5. The van der Waals surface area contributed by atoms with E-state index < -0.39 is 37.2 Å². The molecule has 0 saturated carbocycles. The average molecular weight is 429 g/mol. The molecule has 5 N–H and O–H groups in total. The molecular formula is C23H40O7. The van der Waals surface area contributed by atoms with Gasteiger partial charge < -0.3 is 30.3 Å². The number of aliphatic hydroxyl groups excluding tert-OH is 5. The van der Waals surface area contributed by atoms with Gasteiger partial charge in [0.1, 0.15) is 18.3 Å². The van der Waals surface area contributed by atoms with Crippen LogP contribution in [0.2, 0.25) is 0 Å². The van der Waals surface area contributed by atoms with Crippen molar-refractivity contribution >= 4 is 5.97 Å². The fourth-order valence-electron chi connectivity index (χ4n) is 2.66. The van der Waals surface area contributed by atoms with Gasteiger partial charge in [-0.05, 0) is 38.5 Å². The van der Waals surface area contributed by atoms with Crippen molar-refractivity contribution in [3.8, 4) is 0 Å². The van der Waals surface area contributed by atoms with Gasteiger partial charge in [-0.2, -0.15) is 0 Å². The fourth-order valence-corrected chi connectivity index (χ4v) is 2.66. The van der Waals surface area contributed by atoms with Crippen LogP contribution in [0.5, 0.6) is 0 Å². The highest BCUT2D eigenvalue weighted by Gasteiger charge is 2.32. The van der Waals surface area contributed by atoms with Crippen LogP contribution >= 0.6 is 0 Å². The van der Waals surface area contributed by atoms with E-state index in [0.29, 0.717) is 6.42 Å². The zero-order valence-electron chi connectivity index (χ0n) is 18.1. The number of hydrogen-bond acceptors (Lipinski definition) is 7. The fraction of sp³-hybridized carbons (Fsp3) is 0.696. The van der Waals surface area contributed by atoms with Gasteiger partial charge in [-0.3, -0.25) is 4.79 Å². The highest BCUT2D eigenvalue weighted by atomic mass is 16.6. The van der Waals surface area contributed by atoms with E-state index in [0.717, 1.165) is 51.4 Å². The van der Waals surface area contributed by atoms with Gasteiger partial charge in [0, 0.05) is 6.42 Å². The third kappa shape index (κ3) is 15.3. The maximum Gasteiger partial charge on any atom is 0.308 e. The first-order valence-corrected chi connectivity index (χ1v) is 10.9. The molecule has 0 aliphatic heterocycles. The number of unbranched alkanes of at least 4 members (excludes halogenated alkanes) is 5. The highest BCUT2D eigenvalue weighted by molar-refractivity contribution is 5.69. The molecule has 30 heavy (non-hydrogen) atoms. The van der Waals surface area contributed by atoms with Gasteiger partial charge in [0.25, 0.3) is 0 Å². The number of carbonyl (C=O) groups is 1. The van der Waals surface area contributed by atoms with Gasteiger partial charge in [0.05, 0.1) is 6.61 Å². The number of esters is 1. The van der Waals surface area contributed by atoms with Crippen molar-refractivity contribution in [1.29, 1.82) is 0 Å². The van der Waals surface area contributed by atoms with Crippen LogP contribution in [0.3, 0.4) is 0 Å². The smallest absolute Gasteiger partial charge is 0.308 e. The minimum Gasteiger partial charge on any atom is -0.433 e. The first-order valence-electron chi connectivity index (χ1n) is 10.9. The second-order valence-electron chi connectivity index (χ2n) is 7.21. The monoisotopic (exact) mass is 428 g/mol. The van der Waals surface area contributed by atoms with Crippen LogP contribution in [0.25, 0.3) is 0 Å². The lowest BCUT2D eigenvalue weighted by atomic mass is 10.1. The molecule has 0 rings (SSSR count). The van der Waals surface area contributed by atoms with E-state index in [1.165, 1.54) is 0 Å². The third-order valence-corrected chi connectivity index (χ3v) is 4.51. The summed E-state index contributed by atoms with van der Waals surface area (Å²) in [4.78, 5) is 11.6. The zero-order valence-corrected chi connectivity index (χ0v) is 18.1. The second-order valence-corrected chi connectivity index (χ2v) is 7.21. The molecule has 0 spiro atoms. The van der Waals surface area contributed by atoms with Crippen molar-refractivity contribution in [2.24, 2.45) is 0 Å². The molecule has 0 amide bonds. The summed E-state index contributed by atoms with van der Waals surface area (Å²) >= 11 is 0. The zero-order chi connectivity index (χ0) is 22.6. The Balaban J connectivity index is 3.67. The minimum absolute atomic E-state index is 0.0993. The topological polar surface area (TPSA) is 127 Å². The van der Waals surface area contributed by atoms with Crippen LogP contribution in [-0.2, 0) is 9.53 Å². The molecule has 0 aromatic carbocycles. The molecule has 0 aromatic rings. The van der Waals surface area contributed by atoms with Crippen molar-refractivity contribution in [3.05, 3.63) is 36.5 Å². The van der Waals surface area contributed by atoms with Crippen LogP contribution in [0, 0.1) is 0 Å². The van der Waals surface area contributed by atoms with Crippen LogP contribution in [0.15, 0.2) is 36.5 Å². The van der Waals surface area contributed by atoms with Crippen LogP contribution in [0.4, 0.5) is 0 Å². The Morgan fingerprint density at radius 3 is 2.00 bits per heavy atom. The van der Waals surface area contributed by atoms with Gasteiger partial charge in [-0.15, -0.1) is 0 Å². The highest BCUT2D eigenvalue weighted by Crippen LogP contribution is 2.11. The summed E-state index contributed by atoms with van der Waals surface area (Å²) in [5, 5.41) is 46.5. The van der Waals surface area contributed by atoms with E-state index >= 15 is 0 Å². The largest absolute Gasteiger partial charge is 0.433 e. The molecule has 0 aromatic heterocycles. The van der Waals surface area contributed by atoms with Crippen LogP contribution < -0.4 is 0 Å². The molecule has 0 bridgehead atoms. The van der Waals surface area contributed by atoms with Gasteiger partial charge in [0.15, 0.2) is 0 Å².